The molecule has 3 rings (SSSR count). The van der Waals surface area contributed by atoms with E-state index in [1.54, 1.807) is 0 Å². The van der Waals surface area contributed by atoms with Gasteiger partial charge in [-0.15, -0.1) is 0 Å². The minimum absolute atomic E-state index is 0.697. The topological polar surface area (TPSA) is 15.3 Å². The summed E-state index contributed by atoms with van der Waals surface area (Å²) in [6, 6.07) is 9.42. The van der Waals surface area contributed by atoms with E-state index in [4.69, 9.17) is 0 Å². The standard InChI is InChI=1S/C13H18N2/c1-15-9-12(10-6-7-10)14-8-11-4-2-3-5-13(11)15/h2-5,10,12,14H,6-9H2,1H3. The number of nitrogens with one attached hydrogen (secondary N) is 1. The monoisotopic (exact) mass is 202 g/mol. The molecular formula is C13H18N2. The molecule has 1 aromatic carbocycles. The maximum atomic E-state index is 3.69. The molecule has 1 unspecified atom stereocenters. The Hall–Kier alpha value is -1.02. The van der Waals surface area contributed by atoms with E-state index in [0.29, 0.717) is 6.04 Å². The number of likely N-dealkylation sites (N-methyl/N-ethyl adjacent to an activating group) is 1. The molecule has 0 aromatic heterocycles. The first kappa shape index (κ1) is 9.22. The quantitative estimate of drug-likeness (QED) is 0.749. The zero-order chi connectivity index (χ0) is 10.3. The highest BCUT2D eigenvalue weighted by Gasteiger charge is 2.33. The first-order chi connectivity index (χ1) is 7.34. The van der Waals surface area contributed by atoms with Crippen molar-refractivity contribution < 1.29 is 0 Å². The lowest BCUT2D eigenvalue weighted by atomic mass is 10.1. The molecule has 2 nitrogen and oxygen atoms in total. The van der Waals surface area contributed by atoms with E-state index in [0.717, 1.165) is 19.0 Å². The Kier molecular flexibility index (Phi) is 2.17. The Balaban J connectivity index is 1.86. The van der Waals surface area contributed by atoms with Crippen LogP contribution in [-0.4, -0.2) is 19.6 Å². The molecule has 0 amide bonds. The molecule has 0 radical (unpaired) electrons. The smallest absolute Gasteiger partial charge is 0.0409 e. The third-order valence-electron chi connectivity index (χ3n) is 3.62. The van der Waals surface area contributed by atoms with Crippen LogP contribution in [0.1, 0.15) is 18.4 Å². The van der Waals surface area contributed by atoms with Crippen LogP contribution in [0.3, 0.4) is 0 Å². The van der Waals surface area contributed by atoms with Crippen molar-refractivity contribution >= 4 is 5.69 Å². The Morgan fingerprint density at radius 1 is 1.27 bits per heavy atom. The molecule has 2 heteroatoms. The summed E-state index contributed by atoms with van der Waals surface area (Å²) in [5, 5.41) is 3.69. The molecule has 1 aliphatic heterocycles. The van der Waals surface area contributed by atoms with Gasteiger partial charge in [-0.2, -0.15) is 0 Å². The van der Waals surface area contributed by atoms with Crippen molar-refractivity contribution in [2.75, 3.05) is 18.5 Å². The summed E-state index contributed by atoms with van der Waals surface area (Å²) in [6.45, 7) is 2.18. The van der Waals surface area contributed by atoms with Gasteiger partial charge in [-0.1, -0.05) is 18.2 Å². The van der Waals surface area contributed by atoms with Crippen molar-refractivity contribution in [3.63, 3.8) is 0 Å². The Morgan fingerprint density at radius 3 is 2.87 bits per heavy atom. The summed E-state index contributed by atoms with van der Waals surface area (Å²) < 4.78 is 0. The zero-order valence-electron chi connectivity index (χ0n) is 9.24. The minimum Gasteiger partial charge on any atom is -0.373 e. The molecule has 1 aliphatic carbocycles. The van der Waals surface area contributed by atoms with E-state index in [-0.39, 0.29) is 0 Å². The van der Waals surface area contributed by atoms with E-state index >= 15 is 0 Å². The van der Waals surface area contributed by atoms with E-state index in [1.807, 2.05) is 0 Å². The van der Waals surface area contributed by atoms with Crippen molar-refractivity contribution in [3.05, 3.63) is 29.8 Å². The Labute approximate surface area is 91.3 Å². The number of hydrogen-bond donors (Lipinski definition) is 1. The highest BCUT2D eigenvalue weighted by Crippen LogP contribution is 2.35. The molecule has 1 aromatic rings. The number of rotatable bonds is 1. The van der Waals surface area contributed by atoms with E-state index in [2.05, 4.69) is 41.5 Å². The number of para-hydroxylation sites is 1. The molecule has 0 bridgehead atoms. The molecular weight excluding hydrogens is 184 g/mol. The molecule has 1 saturated carbocycles. The predicted octanol–water partition coefficient (Wildman–Crippen LogP) is 2.00. The van der Waals surface area contributed by atoms with Gasteiger partial charge in [-0.25, -0.2) is 0 Å². The summed E-state index contributed by atoms with van der Waals surface area (Å²) in [5.74, 6) is 0.932. The van der Waals surface area contributed by atoms with Crippen LogP contribution < -0.4 is 10.2 Å². The van der Waals surface area contributed by atoms with Gasteiger partial charge >= 0.3 is 0 Å². The van der Waals surface area contributed by atoms with Crippen molar-refractivity contribution in [3.8, 4) is 0 Å². The molecule has 2 aliphatic rings. The number of hydrogen-bond acceptors (Lipinski definition) is 2. The molecule has 1 fully saturated rings. The molecule has 80 valence electrons. The van der Waals surface area contributed by atoms with Crippen LogP contribution in [0.5, 0.6) is 0 Å². The van der Waals surface area contributed by atoms with E-state index in [9.17, 15) is 0 Å². The number of benzene rings is 1. The van der Waals surface area contributed by atoms with Gasteiger partial charge in [0.2, 0.25) is 0 Å². The Bertz CT molecular complexity index is 357. The summed E-state index contributed by atoms with van der Waals surface area (Å²) >= 11 is 0. The van der Waals surface area contributed by atoms with Crippen molar-refractivity contribution in [2.45, 2.75) is 25.4 Å². The molecule has 1 atom stereocenters. The van der Waals surface area contributed by atoms with Crippen LogP contribution in [0.2, 0.25) is 0 Å². The van der Waals surface area contributed by atoms with Crippen molar-refractivity contribution in [1.82, 2.24) is 5.32 Å². The lowest BCUT2D eigenvalue weighted by Crippen LogP contribution is -2.38. The molecule has 1 heterocycles. The van der Waals surface area contributed by atoms with E-state index in [1.165, 1.54) is 24.1 Å². The summed E-state index contributed by atoms with van der Waals surface area (Å²) in [7, 11) is 2.21. The van der Waals surface area contributed by atoms with Gasteiger partial charge in [-0.3, -0.25) is 0 Å². The highest BCUT2D eigenvalue weighted by atomic mass is 15.2. The third-order valence-corrected chi connectivity index (χ3v) is 3.62. The maximum absolute atomic E-state index is 3.69. The van der Waals surface area contributed by atoms with Crippen LogP contribution in [0, 0.1) is 5.92 Å². The second-order valence-electron chi connectivity index (χ2n) is 4.83. The molecule has 0 spiro atoms. The molecule has 15 heavy (non-hydrogen) atoms. The minimum atomic E-state index is 0.697. The first-order valence-electron chi connectivity index (χ1n) is 5.87. The van der Waals surface area contributed by atoms with Crippen LogP contribution in [0.15, 0.2) is 24.3 Å². The fraction of sp³-hybridized carbons (Fsp3) is 0.538. The summed E-state index contributed by atoms with van der Waals surface area (Å²) in [6.07, 6.45) is 2.84. The van der Waals surface area contributed by atoms with Crippen LogP contribution >= 0.6 is 0 Å². The third kappa shape index (κ3) is 1.74. The highest BCUT2D eigenvalue weighted by molar-refractivity contribution is 5.54. The van der Waals surface area contributed by atoms with Crippen molar-refractivity contribution in [2.24, 2.45) is 5.92 Å². The second kappa shape index (κ2) is 3.53. The van der Waals surface area contributed by atoms with Crippen LogP contribution in [-0.2, 0) is 6.54 Å². The number of anilines is 1. The van der Waals surface area contributed by atoms with Gasteiger partial charge < -0.3 is 10.2 Å². The zero-order valence-corrected chi connectivity index (χ0v) is 9.24. The summed E-state index contributed by atoms with van der Waals surface area (Å²) in [5.41, 5.74) is 2.83. The average molecular weight is 202 g/mol. The largest absolute Gasteiger partial charge is 0.373 e. The number of fused-ring (bicyclic) bond motifs is 1. The average Bonchev–Trinajstić information content (AvgIpc) is 3.06. The first-order valence-corrected chi connectivity index (χ1v) is 5.87. The molecule has 1 N–H and O–H groups in total. The van der Waals surface area contributed by atoms with E-state index < -0.39 is 0 Å². The van der Waals surface area contributed by atoms with Crippen molar-refractivity contribution in [1.29, 1.82) is 0 Å². The summed E-state index contributed by atoms with van der Waals surface area (Å²) in [4.78, 5) is 2.40. The number of nitrogens with zero attached hydrogens (tertiary/aromatic N) is 1. The van der Waals surface area contributed by atoms with Gasteiger partial charge in [0.05, 0.1) is 0 Å². The fourth-order valence-electron chi connectivity index (χ4n) is 2.55. The van der Waals surface area contributed by atoms with Gasteiger partial charge in [-0.05, 0) is 30.4 Å². The fourth-order valence-corrected chi connectivity index (χ4v) is 2.55. The van der Waals surface area contributed by atoms with Gasteiger partial charge in [0.1, 0.15) is 0 Å². The Morgan fingerprint density at radius 2 is 2.07 bits per heavy atom. The second-order valence-corrected chi connectivity index (χ2v) is 4.83. The maximum Gasteiger partial charge on any atom is 0.0409 e. The lowest BCUT2D eigenvalue weighted by molar-refractivity contribution is 0.474. The van der Waals surface area contributed by atoms with Gasteiger partial charge in [0.25, 0.3) is 0 Å². The predicted molar refractivity (Wildman–Crippen MR) is 63.1 cm³/mol. The van der Waals surface area contributed by atoms with Gasteiger partial charge in [0.15, 0.2) is 0 Å². The van der Waals surface area contributed by atoms with Crippen LogP contribution in [0.4, 0.5) is 5.69 Å². The van der Waals surface area contributed by atoms with Gasteiger partial charge in [0, 0.05) is 31.9 Å². The molecule has 0 saturated heterocycles. The normalized spacial score (nSPS) is 25.9. The SMILES string of the molecule is CN1CC(C2CC2)NCc2ccccc21. The van der Waals surface area contributed by atoms with Crippen LogP contribution in [0.25, 0.3) is 0 Å². The lowest BCUT2D eigenvalue weighted by Gasteiger charge is -2.23.